The molecule has 0 saturated carbocycles. The normalized spacial score (nSPS) is 21.5. The van der Waals surface area contributed by atoms with Crippen LogP contribution in [0.5, 0.6) is 0 Å². The van der Waals surface area contributed by atoms with Crippen molar-refractivity contribution in [2.24, 2.45) is 5.73 Å². The second kappa shape index (κ2) is 3.04. The van der Waals surface area contributed by atoms with Gasteiger partial charge in [-0.15, -0.1) is 0 Å². The molecule has 2 rings (SSSR count). The summed E-state index contributed by atoms with van der Waals surface area (Å²) >= 11 is 0. The Hall–Kier alpha value is -1.02. The van der Waals surface area contributed by atoms with E-state index in [4.69, 9.17) is 5.73 Å². The molecule has 0 fully saturated rings. The zero-order valence-corrected chi connectivity index (χ0v) is 8.25. The lowest BCUT2D eigenvalue weighted by Crippen LogP contribution is -2.31. The van der Waals surface area contributed by atoms with Gasteiger partial charge in [-0.05, 0) is 30.5 Å². The molecule has 2 nitrogen and oxygen atoms in total. The summed E-state index contributed by atoms with van der Waals surface area (Å²) in [6, 6.07) is 6.62. The van der Waals surface area contributed by atoms with Gasteiger partial charge in [-0.3, -0.25) is 0 Å². The molecule has 0 saturated heterocycles. The van der Waals surface area contributed by atoms with Gasteiger partial charge >= 0.3 is 0 Å². The maximum Gasteiger partial charge on any atom is 0.0414 e. The Morgan fingerprint density at radius 3 is 2.92 bits per heavy atom. The number of rotatable bonds is 0. The number of nitrogens with two attached hydrogens (primary N) is 1. The van der Waals surface area contributed by atoms with Crippen LogP contribution in [0.4, 0.5) is 5.69 Å². The predicted molar refractivity (Wildman–Crippen MR) is 56.0 cm³/mol. The van der Waals surface area contributed by atoms with Crippen molar-refractivity contribution in [3.05, 3.63) is 29.3 Å². The molecule has 13 heavy (non-hydrogen) atoms. The Labute approximate surface area is 79.4 Å². The van der Waals surface area contributed by atoms with Crippen LogP contribution in [0.15, 0.2) is 18.2 Å². The quantitative estimate of drug-likeness (QED) is 0.653. The molecule has 1 atom stereocenters. The molecule has 0 spiro atoms. The van der Waals surface area contributed by atoms with E-state index < -0.39 is 0 Å². The lowest BCUT2D eigenvalue weighted by Gasteiger charge is -2.32. The maximum absolute atomic E-state index is 6.08. The van der Waals surface area contributed by atoms with Crippen LogP contribution in [0.1, 0.15) is 23.6 Å². The summed E-state index contributed by atoms with van der Waals surface area (Å²) < 4.78 is 0. The van der Waals surface area contributed by atoms with Gasteiger partial charge in [-0.2, -0.15) is 0 Å². The Morgan fingerprint density at radius 2 is 2.23 bits per heavy atom. The number of fused-ring (bicyclic) bond motifs is 1. The summed E-state index contributed by atoms with van der Waals surface area (Å²) in [4.78, 5) is 2.28. The molecule has 2 heteroatoms. The van der Waals surface area contributed by atoms with Crippen molar-refractivity contribution in [2.75, 3.05) is 18.5 Å². The first-order chi connectivity index (χ1) is 6.20. The molecular weight excluding hydrogens is 160 g/mol. The highest BCUT2D eigenvalue weighted by Crippen LogP contribution is 2.33. The fourth-order valence-corrected chi connectivity index (χ4v) is 2.08. The summed E-state index contributed by atoms with van der Waals surface area (Å²) in [5, 5.41) is 0. The van der Waals surface area contributed by atoms with Gasteiger partial charge < -0.3 is 10.6 Å². The van der Waals surface area contributed by atoms with Crippen LogP contribution < -0.4 is 10.6 Å². The SMILES string of the molecule is Cc1cccc2c1C(N)CCN2C. The summed E-state index contributed by atoms with van der Waals surface area (Å²) in [5.41, 5.74) is 10.0. The van der Waals surface area contributed by atoms with Crippen molar-refractivity contribution >= 4 is 5.69 Å². The van der Waals surface area contributed by atoms with E-state index in [-0.39, 0.29) is 6.04 Å². The first-order valence-electron chi connectivity index (χ1n) is 4.76. The van der Waals surface area contributed by atoms with Gasteiger partial charge in [0.15, 0.2) is 0 Å². The highest BCUT2D eigenvalue weighted by atomic mass is 15.1. The van der Waals surface area contributed by atoms with Crippen LogP contribution in [0.25, 0.3) is 0 Å². The molecule has 2 N–H and O–H groups in total. The van der Waals surface area contributed by atoms with Gasteiger partial charge in [0, 0.05) is 25.3 Å². The van der Waals surface area contributed by atoms with Crippen LogP contribution in [-0.2, 0) is 0 Å². The van der Waals surface area contributed by atoms with Gasteiger partial charge in [0.25, 0.3) is 0 Å². The molecule has 1 aliphatic heterocycles. The molecule has 1 aliphatic rings. The number of hydrogen-bond donors (Lipinski definition) is 1. The molecule has 0 amide bonds. The zero-order valence-electron chi connectivity index (χ0n) is 8.25. The molecule has 1 unspecified atom stereocenters. The van der Waals surface area contributed by atoms with E-state index in [2.05, 4.69) is 37.1 Å². The Balaban J connectivity index is 2.56. The number of benzene rings is 1. The molecule has 1 aromatic carbocycles. The second-order valence-corrected chi connectivity index (χ2v) is 3.82. The third kappa shape index (κ3) is 1.31. The van der Waals surface area contributed by atoms with Gasteiger partial charge in [0.1, 0.15) is 0 Å². The minimum absolute atomic E-state index is 0.229. The van der Waals surface area contributed by atoms with Crippen LogP contribution >= 0.6 is 0 Å². The molecule has 1 aromatic rings. The number of nitrogens with zero attached hydrogens (tertiary/aromatic N) is 1. The smallest absolute Gasteiger partial charge is 0.0414 e. The predicted octanol–water partition coefficient (Wildman–Crippen LogP) is 1.83. The largest absolute Gasteiger partial charge is 0.374 e. The second-order valence-electron chi connectivity index (χ2n) is 3.82. The topological polar surface area (TPSA) is 29.3 Å². The van der Waals surface area contributed by atoms with Crippen LogP contribution in [0.2, 0.25) is 0 Å². The average Bonchev–Trinajstić information content (AvgIpc) is 2.12. The van der Waals surface area contributed by atoms with Gasteiger partial charge in [-0.25, -0.2) is 0 Å². The van der Waals surface area contributed by atoms with Crippen molar-refractivity contribution in [3.63, 3.8) is 0 Å². The van der Waals surface area contributed by atoms with Gasteiger partial charge in [0.2, 0.25) is 0 Å². The van der Waals surface area contributed by atoms with E-state index in [1.807, 2.05) is 0 Å². The standard InChI is InChI=1S/C11H16N2/c1-8-4-3-5-10-11(8)9(12)6-7-13(10)2/h3-5,9H,6-7,12H2,1-2H3. The van der Waals surface area contributed by atoms with E-state index in [1.165, 1.54) is 16.8 Å². The monoisotopic (exact) mass is 176 g/mol. The first-order valence-corrected chi connectivity index (χ1v) is 4.76. The summed E-state index contributed by atoms with van der Waals surface area (Å²) in [5.74, 6) is 0. The third-order valence-corrected chi connectivity index (χ3v) is 2.86. The van der Waals surface area contributed by atoms with E-state index >= 15 is 0 Å². The van der Waals surface area contributed by atoms with Crippen molar-refractivity contribution in [2.45, 2.75) is 19.4 Å². The zero-order chi connectivity index (χ0) is 9.42. The number of hydrogen-bond acceptors (Lipinski definition) is 2. The molecular formula is C11H16N2. The highest BCUT2D eigenvalue weighted by molar-refractivity contribution is 5.59. The lowest BCUT2D eigenvalue weighted by molar-refractivity contribution is 0.611. The highest BCUT2D eigenvalue weighted by Gasteiger charge is 2.21. The van der Waals surface area contributed by atoms with Gasteiger partial charge in [-0.1, -0.05) is 12.1 Å². The number of anilines is 1. The first kappa shape index (κ1) is 8.57. The summed E-state index contributed by atoms with van der Waals surface area (Å²) in [6.45, 7) is 3.20. The van der Waals surface area contributed by atoms with E-state index in [1.54, 1.807) is 0 Å². The molecule has 1 heterocycles. The summed E-state index contributed by atoms with van der Waals surface area (Å²) in [6.07, 6.45) is 1.06. The minimum atomic E-state index is 0.229. The van der Waals surface area contributed by atoms with Gasteiger partial charge in [0.05, 0.1) is 0 Å². The molecule has 0 radical (unpaired) electrons. The van der Waals surface area contributed by atoms with Crippen LogP contribution in [-0.4, -0.2) is 13.6 Å². The maximum atomic E-state index is 6.08. The minimum Gasteiger partial charge on any atom is -0.374 e. The average molecular weight is 176 g/mol. The lowest BCUT2D eigenvalue weighted by atomic mass is 9.93. The van der Waals surface area contributed by atoms with Crippen molar-refractivity contribution in [1.82, 2.24) is 0 Å². The van der Waals surface area contributed by atoms with Crippen molar-refractivity contribution in [3.8, 4) is 0 Å². The van der Waals surface area contributed by atoms with E-state index in [0.717, 1.165) is 13.0 Å². The van der Waals surface area contributed by atoms with E-state index in [9.17, 15) is 0 Å². The third-order valence-electron chi connectivity index (χ3n) is 2.86. The fraction of sp³-hybridized carbons (Fsp3) is 0.455. The van der Waals surface area contributed by atoms with E-state index in [0.29, 0.717) is 0 Å². The molecule has 0 aromatic heterocycles. The van der Waals surface area contributed by atoms with Crippen molar-refractivity contribution in [1.29, 1.82) is 0 Å². The number of aryl methyl sites for hydroxylation is 1. The Morgan fingerprint density at radius 1 is 1.46 bits per heavy atom. The molecule has 0 aliphatic carbocycles. The van der Waals surface area contributed by atoms with Crippen LogP contribution in [0, 0.1) is 6.92 Å². The van der Waals surface area contributed by atoms with Crippen molar-refractivity contribution < 1.29 is 0 Å². The summed E-state index contributed by atoms with van der Waals surface area (Å²) in [7, 11) is 2.13. The fourth-order valence-electron chi connectivity index (χ4n) is 2.08. The molecule has 0 bridgehead atoms. The van der Waals surface area contributed by atoms with Crippen LogP contribution in [0.3, 0.4) is 0 Å². The Bertz CT molecular complexity index is 320. The molecule has 70 valence electrons. The Kier molecular flexibility index (Phi) is 2.00.